The van der Waals surface area contributed by atoms with Crippen molar-refractivity contribution in [2.24, 2.45) is 4.99 Å². The van der Waals surface area contributed by atoms with E-state index < -0.39 is 6.03 Å². The molecule has 0 aliphatic rings. The molecule has 15 heavy (non-hydrogen) atoms. The molecule has 0 aliphatic heterocycles. The summed E-state index contributed by atoms with van der Waals surface area (Å²) in [6.07, 6.45) is 1.31. The highest BCUT2D eigenvalue weighted by Gasteiger charge is 2.00. The molecule has 0 atom stereocenters. The lowest BCUT2D eigenvalue weighted by atomic mass is 10.4. The van der Waals surface area contributed by atoms with Crippen molar-refractivity contribution in [3.05, 3.63) is 28.8 Å². The van der Waals surface area contributed by atoms with E-state index in [1.165, 1.54) is 18.3 Å². The average molecular weight is 230 g/mol. The largest absolute Gasteiger partial charge is 0.428 e. The van der Waals surface area contributed by atoms with Crippen LogP contribution in [0.2, 0.25) is 5.15 Å². The first-order valence-electron chi connectivity index (χ1n) is 4.41. The zero-order chi connectivity index (χ0) is 11.4. The lowest BCUT2D eigenvalue weighted by Crippen LogP contribution is -2.28. The molecule has 2 amide bonds. The van der Waals surface area contributed by atoms with E-state index in [0.717, 1.165) is 4.73 Å². The lowest BCUT2D eigenvalue weighted by molar-refractivity contribution is 0.185. The van der Waals surface area contributed by atoms with Gasteiger partial charge >= 0.3 is 6.03 Å². The Bertz CT molecular complexity index is 426. The van der Waals surface area contributed by atoms with E-state index in [1.807, 2.05) is 13.8 Å². The van der Waals surface area contributed by atoms with E-state index in [9.17, 15) is 4.79 Å². The zero-order valence-electron chi connectivity index (χ0n) is 8.44. The molecule has 2 N–H and O–H groups in total. The molecule has 0 spiro atoms. The van der Waals surface area contributed by atoms with Crippen molar-refractivity contribution in [2.45, 2.75) is 19.9 Å². The number of nitrogens with one attached hydrogen (secondary N) is 1. The first kappa shape index (κ1) is 11.6. The molecule has 0 radical (unpaired) electrons. The maximum atomic E-state index is 11.2. The van der Waals surface area contributed by atoms with Gasteiger partial charge in [-0.2, -0.15) is 9.72 Å². The van der Waals surface area contributed by atoms with Crippen LogP contribution in [0.1, 0.15) is 13.8 Å². The summed E-state index contributed by atoms with van der Waals surface area (Å²) in [7, 11) is 0. The van der Waals surface area contributed by atoms with E-state index >= 15 is 0 Å². The minimum Gasteiger partial charge on any atom is -0.428 e. The molecule has 0 aromatic carbocycles. The first-order valence-corrected chi connectivity index (χ1v) is 4.79. The molecule has 5 nitrogen and oxygen atoms in total. The van der Waals surface area contributed by atoms with Crippen LogP contribution in [-0.4, -0.2) is 22.0 Å². The predicted molar refractivity (Wildman–Crippen MR) is 55.9 cm³/mol. The minimum atomic E-state index is -0.434. The van der Waals surface area contributed by atoms with Crippen molar-refractivity contribution in [3.8, 4) is 0 Å². The third kappa shape index (κ3) is 3.63. The smallest absolute Gasteiger partial charge is 0.341 e. The third-order valence-corrected chi connectivity index (χ3v) is 1.80. The number of rotatable bonds is 1. The van der Waals surface area contributed by atoms with E-state index in [2.05, 4.69) is 10.3 Å². The van der Waals surface area contributed by atoms with Gasteiger partial charge in [0.05, 0.1) is 5.36 Å². The van der Waals surface area contributed by atoms with Gasteiger partial charge in [-0.05, 0) is 19.9 Å². The number of pyridine rings is 1. The molecular weight excluding hydrogens is 218 g/mol. The van der Waals surface area contributed by atoms with E-state index in [4.69, 9.17) is 16.8 Å². The van der Waals surface area contributed by atoms with Gasteiger partial charge in [-0.15, -0.1) is 0 Å². The molecule has 0 fully saturated rings. The van der Waals surface area contributed by atoms with Crippen LogP contribution in [0.3, 0.4) is 0 Å². The number of carbonyl (C=O) groups excluding carboxylic acids is 1. The molecule has 82 valence electrons. The monoisotopic (exact) mass is 229 g/mol. The fourth-order valence-electron chi connectivity index (χ4n) is 0.920. The molecule has 1 aromatic heterocycles. The molecule has 0 aliphatic carbocycles. The Balaban J connectivity index is 2.91. The zero-order valence-corrected chi connectivity index (χ0v) is 9.19. The Hall–Kier alpha value is -1.49. The number of halogens is 1. The van der Waals surface area contributed by atoms with Crippen molar-refractivity contribution in [2.75, 3.05) is 0 Å². The van der Waals surface area contributed by atoms with E-state index in [-0.39, 0.29) is 11.2 Å². The van der Waals surface area contributed by atoms with Crippen molar-refractivity contribution in [1.29, 1.82) is 0 Å². The second-order valence-corrected chi connectivity index (χ2v) is 3.66. The van der Waals surface area contributed by atoms with Gasteiger partial charge in [0.25, 0.3) is 0 Å². The summed E-state index contributed by atoms with van der Waals surface area (Å²) in [6.45, 7) is 3.68. The first-order chi connectivity index (χ1) is 6.99. The Morgan fingerprint density at radius 3 is 2.87 bits per heavy atom. The summed E-state index contributed by atoms with van der Waals surface area (Å²) in [5.41, 5.74) is 0. The summed E-state index contributed by atoms with van der Waals surface area (Å²) in [5.74, 6) is 0. The molecule has 0 saturated heterocycles. The van der Waals surface area contributed by atoms with Gasteiger partial charge < -0.3 is 10.5 Å². The standard InChI is InChI=1S/C9H12ClN3O2/c1-6(2)11-9(14)12-7-3-4-13(15)8(10)5-7/h3-6,15H,1-2H3,(H,11,14)/b12-7+. The number of urea groups is 1. The van der Waals surface area contributed by atoms with Gasteiger partial charge in [-0.3, -0.25) is 0 Å². The number of amides is 2. The topological polar surface area (TPSA) is 66.6 Å². The van der Waals surface area contributed by atoms with Crippen LogP contribution in [0.25, 0.3) is 0 Å². The van der Waals surface area contributed by atoms with Crippen LogP contribution >= 0.6 is 11.6 Å². The van der Waals surface area contributed by atoms with Gasteiger partial charge in [0, 0.05) is 18.3 Å². The second kappa shape index (κ2) is 4.84. The van der Waals surface area contributed by atoms with Gasteiger partial charge in [0.2, 0.25) is 0 Å². The van der Waals surface area contributed by atoms with Gasteiger partial charge in [-0.1, -0.05) is 11.6 Å². The van der Waals surface area contributed by atoms with Crippen molar-refractivity contribution in [1.82, 2.24) is 10.0 Å². The number of aromatic nitrogens is 1. The van der Waals surface area contributed by atoms with Crippen LogP contribution in [0.15, 0.2) is 23.3 Å². The maximum absolute atomic E-state index is 11.2. The van der Waals surface area contributed by atoms with Crippen LogP contribution < -0.4 is 10.7 Å². The van der Waals surface area contributed by atoms with Gasteiger partial charge in [0.15, 0.2) is 0 Å². The van der Waals surface area contributed by atoms with E-state index in [0.29, 0.717) is 5.36 Å². The summed E-state index contributed by atoms with van der Waals surface area (Å²) < 4.78 is 0.737. The highest BCUT2D eigenvalue weighted by Crippen LogP contribution is 2.00. The maximum Gasteiger partial charge on any atom is 0.341 e. The summed E-state index contributed by atoms with van der Waals surface area (Å²) in [4.78, 5) is 15.0. The molecule has 0 saturated carbocycles. The summed E-state index contributed by atoms with van der Waals surface area (Å²) >= 11 is 5.62. The SMILES string of the molecule is CC(C)NC(=O)/N=c1\ccn(O)c(Cl)c1. The number of hydrogen-bond acceptors (Lipinski definition) is 2. The molecule has 1 rings (SSSR count). The third-order valence-electron chi connectivity index (χ3n) is 1.52. The quantitative estimate of drug-likeness (QED) is 0.565. The summed E-state index contributed by atoms with van der Waals surface area (Å²) in [6, 6.07) is 2.47. The van der Waals surface area contributed by atoms with Crippen LogP contribution in [0, 0.1) is 0 Å². The van der Waals surface area contributed by atoms with Crippen molar-refractivity contribution >= 4 is 17.6 Å². The van der Waals surface area contributed by atoms with Crippen LogP contribution in [0.5, 0.6) is 0 Å². The molecule has 1 aromatic rings. The highest BCUT2D eigenvalue weighted by molar-refractivity contribution is 6.29. The van der Waals surface area contributed by atoms with Gasteiger partial charge in [0.1, 0.15) is 5.15 Å². The van der Waals surface area contributed by atoms with Gasteiger partial charge in [-0.25, -0.2) is 4.79 Å². The normalized spacial score (nSPS) is 11.9. The fraction of sp³-hybridized carbons (Fsp3) is 0.333. The molecule has 0 bridgehead atoms. The molecular formula is C9H12ClN3O2. The lowest BCUT2D eigenvalue weighted by Gasteiger charge is -2.03. The van der Waals surface area contributed by atoms with E-state index in [1.54, 1.807) is 0 Å². The minimum absolute atomic E-state index is 0.0308. The second-order valence-electron chi connectivity index (χ2n) is 3.27. The fourth-order valence-corrected chi connectivity index (χ4v) is 1.09. The Morgan fingerprint density at radius 2 is 2.33 bits per heavy atom. The molecule has 0 unspecified atom stereocenters. The average Bonchev–Trinajstić information content (AvgIpc) is 2.10. The summed E-state index contributed by atoms with van der Waals surface area (Å²) in [5, 5.41) is 12.2. The highest BCUT2D eigenvalue weighted by atomic mass is 35.5. The van der Waals surface area contributed by atoms with Crippen molar-refractivity contribution in [3.63, 3.8) is 0 Å². The van der Waals surface area contributed by atoms with Crippen molar-refractivity contribution < 1.29 is 10.0 Å². The predicted octanol–water partition coefficient (Wildman–Crippen LogP) is 1.40. The van der Waals surface area contributed by atoms with Crippen LogP contribution in [0.4, 0.5) is 4.79 Å². The molecule has 6 heteroatoms. The number of carbonyl (C=O) groups is 1. The Labute approximate surface area is 92.0 Å². The molecule has 1 heterocycles. The number of nitrogens with zero attached hydrogens (tertiary/aromatic N) is 2. The number of hydrogen-bond donors (Lipinski definition) is 2. The Morgan fingerprint density at radius 1 is 1.67 bits per heavy atom. The van der Waals surface area contributed by atoms with Crippen LogP contribution in [-0.2, 0) is 0 Å². The Kier molecular flexibility index (Phi) is 3.74.